The van der Waals surface area contributed by atoms with Crippen LogP contribution in [0.4, 0.5) is 0 Å². The average Bonchev–Trinajstić information content (AvgIpc) is 2.01. The molecule has 0 spiro atoms. The van der Waals surface area contributed by atoms with E-state index in [0.29, 0.717) is 6.29 Å². The molecule has 0 aromatic heterocycles. The lowest BCUT2D eigenvalue weighted by molar-refractivity contribution is -0.124. The molecule has 0 aromatic carbocycles. The SMILES string of the molecule is CCC(CC)NC(=O)CC=O. The average molecular weight is 157 g/mol. The number of hydrogen-bond donors (Lipinski definition) is 1. The van der Waals surface area contributed by atoms with Crippen LogP contribution in [0.1, 0.15) is 33.1 Å². The van der Waals surface area contributed by atoms with Crippen molar-refractivity contribution in [3.63, 3.8) is 0 Å². The standard InChI is InChI=1S/C8H15NO2/c1-3-7(4-2)9-8(11)5-6-10/h6-7H,3-5H2,1-2H3,(H,9,11). The van der Waals surface area contributed by atoms with Gasteiger partial charge in [-0.1, -0.05) is 13.8 Å². The van der Waals surface area contributed by atoms with E-state index in [2.05, 4.69) is 5.32 Å². The van der Waals surface area contributed by atoms with Crippen molar-refractivity contribution < 1.29 is 9.59 Å². The minimum absolute atomic E-state index is 0.0174. The Hall–Kier alpha value is -0.860. The Labute approximate surface area is 67.2 Å². The second-order valence-electron chi connectivity index (χ2n) is 2.45. The number of rotatable bonds is 5. The van der Waals surface area contributed by atoms with Crippen LogP contribution in [0, 0.1) is 0 Å². The van der Waals surface area contributed by atoms with Gasteiger partial charge in [-0.3, -0.25) is 4.79 Å². The van der Waals surface area contributed by atoms with Crippen LogP contribution in [0.2, 0.25) is 0 Å². The number of amides is 1. The third-order valence-corrected chi connectivity index (χ3v) is 1.62. The second kappa shape index (κ2) is 5.89. The van der Waals surface area contributed by atoms with Crippen molar-refractivity contribution in [3.05, 3.63) is 0 Å². The van der Waals surface area contributed by atoms with Crippen LogP contribution >= 0.6 is 0 Å². The van der Waals surface area contributed by atoms with Gasteiger partial charge in [0.1, 0.15) is 6.29 Å². The summed E-state index contributed by atoms with van der Waals surface area (Å²) in [7, 11) is 0. The zero-order chi connectivity index (χ0) is 8.69. The summed E-state index contributed by atoms with van der Waals surface area (Å²) in [5.41, 5.74) is 0. The first-order chi connectivity index (χ1) is 5.24. The van der Waals surface area contributed by atoms with Crippen LogP contribution in [0.15, 0.2) is 0 Å². The van der Waals surface area contributed by atoms with Crippen LogP contribution in [-0.2, 0) is 9.59 Å². The minimum atomic E-state index is -0.172. The molecule has 0 aliphatic heterocycles. The quantitative estimate of drug-likeness (QED) is 0.475. The van der Waals surface area contributed by atoms with E-state index in [4.69, 9.17) is 0 Å². The van der Waals surface area contributed by atoms with Crippen molar-refractivity contribution in [2.24, 2.45) is 0 Å². The first-order valence-corrected chi connectivity index (χ1v) is 3.97. The van der Waals surface area contributed by atoms with Gasteiger partial charge in [-0.2, -0.15) is 0 Å². The Bertz CT molecular complexity index is 130. The molecule has 0 rings (SSSR count). The summed E-state index contributed by atoms with van der Waals surface area (Å²) in [6, 6.07) is 0.224. The number of carbonyl (C=O) groups is 2. The largest absolute Gasteiger partial charge is 0.353 e. The molecule has 64 valence electrons. The zero-order valence-corrected chi connectivity index (χ0v) is 7.09. The maximum Gasteiger partial charge on any atom is 0.227 e. The minimum Gasteiger partial charge on any atom is -0.353 e. The van der Waals surface area contributed by atoms with Gasteiger partial charge in [0.05, 0.1) is 6.42 Å². The van der Waals surface area contributed by atoms with Crippen molar-refractivity contribution in [3.8, 4) is 0 Å². The molecule has 0 aliphatic carbocycles. The van der Waals surface area contributed by atoms with Gasteiger partial charge in [0.2, 0.25) is 5.91 Å². The van der Waals surface area contributed by atoms with Gasteiger partial charge in [-0.05, 0) is 12.8 Å². The molecule has 3 heteroatoms. The number of hydrogen-bond acceptors (Lipinski definition) is 2. The van der Waals surface area contributed by atoms with Gasteiger partial charge in [0.15, 0.2) is 0 Å². The van der Waals surface area contributed by atoms with E-state index in [0.717, 1.165) is 12.8 Å². The van der Waals surface area contributed by atoms with Crippen molar-refractivity contribution in [1.82, 2.24) is 5.32 Å². The highest BCUT2D eigenvalue weighted by Crippen LogP contribution is 1.95. The fourth-order valence-corrected chi connectivity index (χ4v) is 0.855. The Kier molecular flexibility index (Phi) is 5.43. The van der Waals surface area contributed by atoms with E-state index in [1.165, 1.54) is 0 Å². The molecule has 0 atom stereocenters. The summed E-state index contributed by atoms with van der Waals surface area (Å²) in [6.07, 6.45) is 2.44. The highest BCUT2D eigenvalue weighted by atomic mass is 16.2. The van der Waals surface area contributed by atoms with E-state index in [1.54, 1.807) is 0 Å². The number of carbonyl (C=O) groups excluding carboxylic acids is 2. The van der Waals surface area contributed by atoms with E-state index >= 15 is 0 Å². The maximum absolute atomic E-state index is 10.8. The topological polar surface area (TPSA) is 46.2 Å². The molecule has 1 N–H and O–H groups in total. The lowest BCUT2D eigenvalue weighted by atomic mass is 10.2. The summed E-state index contributed by atoms with van der Waals surface area (Å²) < 4.78 is 0. The van der Waals surface area contributed by atoms with Crippen LogP contribution in [0.5, 0.6) is 0 Å². The molecule has 0 bridgehead atoms. The molecule has 0 saturated carbocycles. The lowest BCUT2D eigenvalue weighted by Crippen LogP contribution is -2.33. The van der Waals surface area contributed by atoms with Gasteiger partial charge in [-0.25, -0.2) is 0 Å². The van der Waals surface area contributed by atoms with E-state index in [-0.39, 0.29) is 18.4 Å². The first kappa shape index (κ1) is 10.1. The predicted molar refractivity (Wildman–Crippen MR) is 43.2 cm³/mol. The molecule has 0 fully saturated rings. The summed E-state index contributed by atoms with van der Waals surface area (Å²) in [4.78, 5) is 20.7. The molecule has 1 amide bonds. The van der Waals surface area contributed by atoms with Crippen molar-refractivity contribution in [1.29, 1.82) is 0 Å². The van der Waals surface area contributed by atoms with E-state index < -0.39 is 0 Å². The molecule has 0 radical (unpaired) electrons. The Morgan fingerprint density at radius 3 is 2.36 bits per heavy atom. The fourth-order valence-electron chi connectivity index (χ4n) is 0.855. The number of nitrogens with one attached hydrogen (secondary N) is 1. The van der Waals surface area contributed by atoms with Gasteiger partial charge >= 0.3 is 0 Å². The van der Waals surface area contributed by atoms with Crippen LogP contribution < -0.4 is 5.32 Å². The lowest BCUT2D eigenvalue weighted by Gasteiger charge is -2.12. The molecule has 0 aliphatic rings. The molecule has 3 nitrogen and oxygen atoms in total. The van der Waals surface area contributed by atoms with Gasteiger partial charge in [-0.15, -0.1) is 0 Å². The van der Waals surface area contributed by atoms with Crippen LogP contribution in [0.25, 0.3) is 0 Å². The zero-order valence-electron chi connectivity index (χ0n) is 7.09. The molecule has 0 heterocycles. The normalized spacial score (nSPS) is 9.73. The Balaban J connectivity index is 3.62. The molecule has 0 unspecified atom stereocenters. The summed E-state index contributed by atoms with van der Waals surface area (Å²) in [5, 5.41) is 2.75. The number of aldehydes is 1. The van der Waals surface area contributed by atoms with Crippen molar-refractivity contribution in [2.75, 3.05) is 0 Å². The predicted octanol–water partition coefficient (Wildman–Crippen LogP) is 0.880. The van der Waals surface area contributed by atoms with Crippen LogP contribution in [-0.4, -0.2) is 18.2 Å². The fraction of sp³-hybridized carbons (Fsp3) is 0.750. The highest BCUT2D eigenvalue weighted by molar-refractivity contribution is 5.88. The first-order valence-electron chi connectivity index (χ1n) is 3.97. The summed E-state index contributed by atoms with van der Waals surface area (Å²) in [6.45, 7) is 4.02. The van der Waals surface area contributed by atoms with Gasteiger partial charge in [0, 0.05) is 6.04 Å². The highest BCUT2D eigenvalue weighted by Gasteiger charge is 2.06. The van der Waals surface area contributed by atoms with Gasteiger partial charge in [0.25, 0.3) is 0 Å². The van der Waals surface area contributed by atoms with Crippen molar-refractivity contribution >= 4 is 12.2 Å². The summed E-state index contributed by atoms with van der Waals surface area (Å²) in [5.74, 6) is -0.172. The molecule has 11 heavy (non-hydrogen) atoms. The Morgan fingerprint density at radius 1 is 1.45 bits per heavy atom. The van der Waals surface area contributed by atoms with E-state index in [1.807, 2.05) is 13.8 Å². The second-order valence-corrected chi connectivity index (χ2v) is 2.45. The maximum atomic E-state index is 10.8. The van der Waals surface area contributed by atoms with E-state index in [9.17, 15) is 9.59 Å². The molecule has 0 saturated heterocycles. The molecule has 0 aromatic rings. The third kappa shape index (κ3) is 4.53. The molecular weight excluding hydrogens is 142 g/mol. The smallest absolute Gasteiger partial charge is 0.227 e. The monoisotopic (exact) mass is 157 g/mol. The third-order valence-electron chi connectivity index (χ3n) is 1.62. The Morgan fingerprint density at radius 2 is 2.00 bits per heavy atom. The van der Waals surface area contributed by atoms with Crippen molar-refractivity contribution in [2.45, 2.75) is 39.2 Å². The van der Waals surface area contributed by atoms with Gasteiger partial charge < -0.3 is 10.1 Å². The molecular formula is C8H15NO2. The summed E-state index contributed by atoms with van der Waals surface area (Å²) >= 11 is 0. The van der Waals surface area contributed by atoms with Crippen LogP contribution in [0.3, 0.4) is 0 Å².